The Morgan fingerprint density at radius 3 is 3.00 bits per heavy atom. The van der Waals surface area contributed by atoms with E-state index in [1.54, 1.807) is 6.08 Å². The van der Waals surface area contributed by atoms with Crippen molar-refractivity contribution >= 4 is 45.3 Å². The standard InChI is InChI=1S/C14H15N7S/c1-3-8-15-14(22)20-19-13-16-12-11(17-18-13)9-6-4-5-7-10(9)21(12)2/h3-7H,1,8H2,2H3,(H2,15,20,22)(H,16,18,19). The number of nitrogens with one attached hydrogen (secondary N) is 3. The third-order valence-electron chi connectivity index (χ3n) is 3.20. The summed E-state index contributed by atoms with van der Waals surface area (Å²) in [4.78, 5) is 4.47. The predicted octanol–water partition coefficient (Wildman–Crippen LogP) is 1.49. The number of aromatic nitrogens is 4. The molecule has 0 aliphatic heterocycles. The smallest absolute Gasteiger partial charge is 0.263 e. The van der Waals surface area contributed by atoms with Crippen molar-refractivity contribution < 1.29 is 0 Å². The molecule has 0 unspecified atom stereocenters. The van der Waals surface area contributed by atoms with E-state index >= 15 is 0 Å². The summed E-state index contributed by atoms with van der Waals surface area (Å²) in [6, 6.07) is 7.99. The monoisotopic (exact) mass is 313 g/mol. The Balaban J connectivity index is 1.87. The summed E-state index contributed by atoms with van der Waals surface area (Å²) in [6.07, 6.45) is 1.72. The lowest BCUT2D eigenvalue weighted by atomic mass is 10.2. The molecular weight excluding hydrogens is 298 g/mol. The van der Waals surface area contributed by atoms with Gasteiger partial charge in [0.2, 0.25) is 0 Å². The second-order valence-electron chi connectivity index (χ2n) is 4.63. The second kappa shape index (κ2) is 5.94. The lowest BCUT2D eigenvalue weighted by Gasteiger charge is -2.09. The molecule has 112 valence electrons. The van der Waals surface area contributed by atoms with Crippen molar-refractivity contribution in [3.63, 3.8) is 0 Å². The number of nitrogens with zero attached hydrogens (tertiary/aromatic N) is 4. The Morgan fingerprint density at radius 1 is 1.36 bits per heavy atom. The van der Waals surface area contributed by atoms with Gasteiger partial charge in [-0.2, -0.15) is 4.98 Å². The number of anilines is 1. The lowest BCUT2D eigenvalue weighted by molar-refractivity contribution is 0.915. The fourth-order valence-electron chi connectivity index (χ4n) is 2.18. The van der Waals surface area contributed by atoms with Crippen LogP contribution in [0.3, 0.4) is 0 Å². The summed E-state index contributed by atoms with van der Waals surface area (Å²) in [7, 11) is 1.95. The minimum Gasteiger partial charge on any atom is -0.358 e. The molecule has 0 radical (unpaired) electrons. The number of fused-ring (bicyclic) bond motifs is 3. The molecule has 0 aliphatic rings. The van der Waals surface area contributed by atoms with Crippen molar-refractivity contribution in [2.45, 2.75) is 0 Å². The third-order valence-corrected chi connectivity index (χ3v) is 3.45. The molecule has 0 amide bonds. The van der Waals surface area contributed by atoms with Gasteiger partial charge in [0, 0.05) is 19.0 Å². The van der Waals surface area contributed by atoms with Gasteiger partial charge in [0.1, 0.15) is 5.52 Å². The summed E-state index contributed by atoms with van der Waals surface area (Å²) >= 11 is 5.08. The minimum atomic E-state index is 0.348. The van der Waals surface area contributed by atoms with Gasteiger partial charge in [0.05, 0.1) is 5.52 Å². The number of rotatable bonds is 4. The number of thiocarbonyl (C=S) groups is 1. The van der Waals surface area contributed by atoms with Crippen LogP contribution in [0.2, 0.25) is 0 Å². The topological polar surface area (TPSA) is 79.7 Å². The molecule has 1 aromatic carbocycles. The highest BCUT2D eigenvalue weighted by molar-refractivity contribution is 7.80. The van der Waals surface area contributed by atoms with Crippen LogP contribution in [0.15, 0.2) is 36.9 Å². The predicted molar refractivity (Wildman–Crippen MR) is 91.4 cm³/mol. The number of hydrogen-bond donors (Lipinski definition) is 3. The minimum absolute atomic E-state index is 0.348. The molecular formula is C14H15N7S. The molecule has 0 fully saturated rings. The molecule has 0 saturated heterocycles. The summed E-state index contributed by atoms with van der Waals surface area (Å²) in [5.41, 5.74) is 8.22. The Morgan fingerprint density at radius 2 is 2.18 bits per heavy atom. The molecule has 2 aromatic heterocycles. The quantitative estimate of drug-likeness (QED) is 0.382. The first-order valence-electron chi connectivity index (χ1n) is 6.69. The number of hydrazine groups is 1. The highest BCUT2D eigenvalue weighted by Gasteiger charge is 2.11. The van der Waals surface area contributed by atoms with Crippen LogP contribution < -0.4 is 16.2 Å². The highest BCUT2D eigenvalue weighted by Crippen LogP contribution is 2.24. The van der Waals surface area contributed by atoms with Crippen LogP contribution in [0.4, 0.5) is 5.95 Å². The average molecular weight is 313 g/mol. The summed E-state index contributed by atoms with van der Waals surface area (Å²) < 4.78 is 1.98. The van der Waals surface area contributed by atoms with Gasteiger partial charge in [-0.1, -0.05) is 24.3 Å². The van der Waals surface area contributed by atoms with E-state index in [-0.39, 0.29) is 0 Å². The van der Waals surface area contributed by atoms with E-state index < -0.39 is 0 Å². The third kappa shape index (κ3) is 2.56. The van der Waals surface area contributed by atoms with Crippen LogP contribution in [0.5, 0.6) is 0 Å². The largest absolute Gasteiger partial charge is 0.358 e. The molecule has 7 nitrogen and oxygen atoms in total. The van der Waals surface area contributed by atoms with Crippen molar-refractivity contribution in [3.8, 4) is 0 Å². The van der Waals surface area contributed by atoms with Crippen LogP contribution in [-0.4, -0.2) is 31.4 Å². The lowest BCUT2D eigenvalue weighted by Crippen LogP contribution is -2.39. The fraction of sp³-hybridized carbons (Fsp3) is 0.143. The highest BCUT2D eigenvalue weighted by atomic mass is 32.1. The van der Waals surface area contributed by atoms with Crippen LogP contribution in [0.1, 0.15) is 0 Å². The summed E-state index contributed by atoms with van der Waals surface area (Å²) in [6.45, 7) is 4.19. The number of para-hydroxylation sites is 1. The van der Waals surface area contributed by atoms with Crippen LogP contribution in [0.25, 0.3) is 22.1 Å². The molecule has 0 atom stereocenters. The Bertz CT molecular complexity index is 855. The van der Waals surface area contributed by atoms with Gasteiger partial charge < -0.3 is 9.88 Å². The van der Waals surface area contributed by atoms with Crippen molar-refractivity contribution in [1.29, 1.82) is 0 Å². The van der Waals surface area contributed by atoms with Gasteiger partial charge in [-0.05, 0) is 18.3 Å². The van der Waals surface area contributed by atoms with Gasteiger partial charge >= 0.3 is 0 Å². The molecule has 0 aliphatic carbocycles. The van der Waals surface area contributed by atoms with E-state index in [0.29, 0.717) is 17.6 Å². The molecule has 0 spiro atoms. The maximum atomic E-state index is 5.08. The van der Waals surface area contributed by atoms with Crippen molar-refractivity contribution in [1.82, 2.24) is 30.5 Å². The van der Waals surface area contributed by atoms with Gasteiger partial charge in [-0.25, -0.2) is 0 Å². The van der Waals surface area contributed by atoms with Crippen LogP contribution in [-0.2, 0) is 7.05 Å². The second-order valence-corrected chi connectivity index (χ2v) is 5.04. The first-order valence-corrected chi connectivity index (χ1v) is 7.10. The molecule has 3 N–H and O–H groups in total. The van der Waals surface area contributed by atoms with Crippen molar-refractivity contribution in [2.75, 3.05) is 12.0 Å². The van der Waals surface area contributed by atoms with Crippen molar-refractivity contribution in [2.24, 2.45) is 7.05 Å². The van der Waals surface area contributed by atoms with E-state index in [1.807, 2.05) is 35.9 Å². The molecule has 0 bridgehead atoms. The van der Waals surface area contributed by atoms with E-state index in [0.717, 1.165) is 22.1 Å². The summed E-state index contributed by atoms with van der Waals surface area (Å²) in [5, 5.41) is 12.7. The maximum absolute atomic E-state index is 5.08. The van der Waals surface area contributed by atoms with Gasteiger partial charge in [-0.3, -0.25) is 10.9 Å². The SMILES string of the molecule is C=CCNC(=S)NNc1nnc2c3ccccc3n(C)c2n1. The Labute approximate surface area is 132 Å². The number of aryl methyl sites for hydroxylation is 1. The molecule has 0 saturated carbocycles. The Kier molecular flexibility index (Phi) is 3.84. The zero-order chi connectivity index (χ0) is 15.5. The van der Waals surface area contributed by atoms with Gasteiger partial charge in [-0.15, -0.1) is 16.8 Å². The first-order chi connectivity index (χ1) is 10.7. The Hall–Kier alpha value is -2.74. The van der Waals surface area contributed by atoms with E-state index in [1.165, 1.54) is 0 Å². The molecule has 3 rings (SSSR count). The first kappa shape index (κ1) is 14.2. The molecule has 8 heteroatoms. The van der Waals surface area contributed by atoms with Crippen molar-refractivity contribution in [3.05, 3.63) is 36.9 Å². The van der Waals surface area contributed by atoms with Crippen LogP contribution in [0, 0.1) is 0 Å². The molecule has 3 aromatic rings. The zero-order valence-electron chi connectivity index (χ0n) is 12.0. The number of benzene rings is 1. The molecule has 22 heavy (non-hydrogen) atoms. The number of hydrogen-bond acceptors (Lipinski definition) is 5. The van der Waals surface area contributed by atoms with Crippen LogP contribution >= 0.6 is 12.2 Å². The fourth-order valence-corrected chi connectivity index (χ4v) is 2.32. The van der Waals surface area contributed by atoms with E-state index in [9.17, 15) is 0 Å². The average Bonchev–Trinajstić information content (AvgIpc) is 2.84. The summed E-state index contributed by atoms with van der Waals surface area (Å²) in [5.74, 6) is 0.348. The van der Waals surface area contributed by atoms with E-state index in [2.05, 4.69) is 37.9 Å². The zero-order valence-corrected chi connectivity index (χ0v) is 12.8. The normalized spacial score (nSPS) is 10.6. The van der Waals surface area contributed by atoms with Gasteiger partial charge in [0.15, 0.2) is 10.8 Å². The van der Waals surface area contributed by atoms with Gasteiger partial charge in [0.25, 0.3) is 5.95 Å². The molecule has 2 heterocycles. The van der Waals surface area contributed by atoms with E-state index in [4.69, 9.17) is 12.2 Å². The maximum Gasteiger partial charge on any atom is 0.263 e.